The summed E-state index contributed by atoms with van der Waals surface area (Å²) in [4.78, 5) is 9.59. The molecule has 21 heavy (non-hydrogen) atoms. The molecule has 1 unspecified atom stereocenters. The van der Waals surface area contributed by atoms with Crippen LogP contribution in [0.1, 0.15) is 20.3 Å². The molecule has 5 nitrogen and oxygen atoms in total. The van der Waals surface area contributed by atoms with Crippen LogP contribution in [-0.4, -0.2) is 23.2 Å². The fourth-order valence-corrected chi connectivity index (χ4v) is 2.41. The van der Waals surface area contributed by atoms with Gasteiger partial charge in [-0.3, -0.25) is 0 Å². The van der Waals surface area contributed by atoms with Crippen molar-refractivity contribution in [2.24, 2.45) is 0 Å². The van der Waals surface area contributed by atoms with E-state index in [1.54, 1.807) is 13.2 Å². The summed E-state index contributed by atoms with van der Waals surface area (Å²) in [6.45, 7) is 4.05. The molecule has 6 heteroatoms. The Kier molecular flexibility index (Phi) is 5.27. The van der Waals surface area contributed by atoms with Crippen LogP contribution in [0.4, 0.5) is 5.82 Å². The van der Waals surface area contributed by atoms with Crippen LogP contribution >= 0.6 is 11.8 Å². The number of aromatic nitrogens is 2. The van der Waals surface area contributed by atoms with Gasteiger partial charge in [0.15, 0.2) is 5.16 Å². The number of nitrogen functional groups attached to an aromatic ring is 1. The van der Waals surface area contributed by atoms with Crippen LogP contribution in [0, 0.1) is 0 Å². The lowest BCUT2D eigenvalue weighted by Crippen LogP contribution is -2.11. The summed E-state index contributed by atoms with van der Waals surface area (Å²) in [6.07, 6.45) is 0.997. The number of anilines is 1. The lowest BCUT2D eigenvalue weighted by Gasteiger charge is -2.12. The van der Waals surface area contributed by atoms with E-state index < -0.39 is 0 Å². The smallest absolute Gasteiger partial charge is 0.219 e. The third kappa shape index (κ3) is 4.53. The van der Waals surface area contributed by atoms with Gasteiger partial charge in [-0.25, -0.2) is 4.98 Å². The molecule has 0 saturated carbocycles. The molecule has 0 aliphatic carbocycles. The van der Waals surface area contributed by atoms with Gasteiger partial charge in [0, 0.05) is 11.0 Å². The minimum Gasteiger partial charge on any atom is -0.497 e. The first kappa shape index (κ1) is 15.4. The minimum absolute atomic E-state index is 0.0916. The molecule has 2 N–H and O–H groups in total. The molecule has 0 saturated heterocycles. The highest BCUT2D eigenvalue weighted by atomic mass is 32.2. The Morgan fingerprint density at radius 3 is 2.81 bits per heavy atom. The van der Waals surface area contributed by atoms with Crippen molar-refractivity contribution in [2.45, 2.75) is 36.4 Å². The Labute approximate surface area is 128 Å². The average molecular weight is 305 g/mol. The molecule has 0 fully saturated rings. The number of nitrogens with two attached hydrogens (primary N) is 1. The molecule has 0 aliphatic rings. The molecule has 0 bridgehead atoms. The van der Waals surface area contributed by atoms with Crippen molar-refractivity contribution in [3.63, 3.8) is 0 Å². The molecule has 2 rings (SSSR count). The van der Waals surface area contributed by atoms with Gasteiger partial charge < -0.3 is 15.2 Å². The van der Waals surface area contributed by atoms with Crippen molar-refractivity contribution in [3.8, 4) is 11.6 Å². The number of ether oxygens (including phenoxy) is 2. The fourth-order valence-electron chi connectivity index (χ4n) is 1.59. The Hall–Kier alpha value is -1.95. The molecule has 2 aromatic rings. The fraction of sp³-hybridized carbons (Fsp3) is 0.333. The van der Waals surface area contributed by atoms with Gasteiger partial charge in [-0.2, -0.15) is 4.98 Å². The highest BCUT2D eigenvalue weighted by molar-refractivity contribution is 7.99. The summed E-state index contributed by atoms with van der Waals surface area (Å²) in [5, 5.41) is 0.557. The molecule has 0 amide bonds. The molecular weight excluding hydrogens is 286 g/mol. The first-order valence-corrected chi connectivity index (χ1v) is 7.55. The summed E-state index contributed by atoms with van der Waals surface area (Å²) in [6, 6.07) is 9.34. The number of rotatable bonds is 6. The Morgan fingerprint density at radius 2 is 2.10 bits per heavy atom. The summed E-state index contributed by atoms with van der Waals surface area (Å²) < 4.78 is 10.9. The third-order valence-corrected chi connectivity index (χ3v) is 3.70. The Morgan fingerprint density at radius 1 is 1.29 bits per heavy atom. The number of benzene rings is 1. The van der Waals surface area contributed by atoms with E-state index in [2.05, 4.69) is 16.9 Å². The SMILES string of the molecule is CCC(C)Oc1cc(N)nc(Sc2cccc(OC)c2)n1. The van der Waals surface area contributed by atoms with E-state index in [4.69, 9.17) is 15.2 Å². The van der Waals surface area contributed by atoms with E-state index in [-0.39, 0.29) is 6.10 Å². The number of methoxy groups -OCH3 is 1. The molecule has 0 aliphatic heterocycles. The molecule has 0 radical (unpaired) electrons. The van der Waals surface area contributed by atoms with Crippen molar-refractivity contribution < 1.29 is 9.47 Å². The van der Waals surface area contributed by atoms with Gasteiger partial charge in [-0.15, -0.1) is 0 Å². The largest absolute Gasteiger partial charge is 0.497 e. The quantitative estimate of drug-likeness (QED) is 0.825. The molecule has 1 atom stereocenters. The predicted molar refractivity (Wildman–Crippen MR) is 83.9 cm³/mol. The van der Waals surface area contributed by atoms with Crippen molar-refractivity contribution in [1.82, 2.24) is 9.97 Å². The second kappa shape index (κ2) is 7.17. The number of hydrogen-bond donors (Lipinski definition) is 1. The van der Waals surface area contributed by atoms with Crippen LogP contribution in [0.5, 0.6) is 11.6 Å². The van der Waals surface area contributed by atoms with Crippen LogP contribution in [0.2, 0.25) is 0 Å². The lowest BCUT2D eigenvalue weighted by atomic mass is 10.3. The maximum absolute atomic E-state index is 5.82. The van der Waals surface area contributed by atoms with Crippen LogP contribution < -0.4 is 15.2 Å². The predicted octanol–water partition coefficient (Wildman–Crippen LogP) is 3.40. The lowest BCUT2D eigenvalue weighted by molar-refractivity contribution is 0.207. The van der Waals surface area contributed by atoms with Gasteiger partial charge >= 0.3 is 0 Å². The molecule has 1 aromatic heterocycles. The van der Waals surface area contributed by atoms with E-state index in [9.17, 15) is 0 Å². The van der Waals surface area contributed by atoms with Crippen LogP contribution in [-0.2, 0) is 0 Å². The van der Waals surface area contributed by atoms with Crippen molar-refractivity contribution in [3.05, 3.63) is 30.3 Å². The zero-order valence-corrected chi connectivity index (χ0v) is 13.2. The third-order valence-electron chi connectivity index (χ3n) is 2.85. The standard InChI is InChI=1S/C15H19N3O2S/c1-4-10(2)20-14-9-13(16)17-15(18-14)21-12-7-5-6-11(8-12)19-3/h5-10H,4H2,1-3H3,(H2,16,17,18). The van der Waals surface area contributed by atoms with Gasteiger partial charge in [0.1, 0.15) is 11.6 Å². The maximum atomic E-state index is 5.82. The average Bonchev–Trinajstić information content (AvgIpc) is 2.46. The van der Waals surface area contributed by atoms with Gasteiger partial charge in [-0.1, -0.05) is 13.0 Å². The zero-order valence-electron chi connectivity index (χ0n) is 12.4. The summed E-state index contributed by atoms with van der Waals surface area (Å²) in [5.41, 5.74) is 5.82. The van der Waals surface area contributed by atoms with Crippen molar-refractivity contribution in [2.75, 3.05) is 12.8 Å². The van der Waals surface area contributed by atoms with Gasteiger partial charge in [0.05, 0.1) is 13.2 Å². The molecular formula is C15H19N3O2S. The minimum atomic E-state index is 0.0916. The van der Waals surface area contributed by atoms with Crippen LogP contribution in [0.3, 0.4) is 0 Å². The first-order chi connectivity index (χ1) is 10.1. The van der Waals surface area contributed by atoms with E-state index in [1.807, 2.05) is 31.2 Å². The highest BCUT2D eigenvalue weighted by Gasteiger charge is 2.09. The summed E-state index contributed by atoms with van der Waals surface area (Å²) in [7, 11) is 1.64. The van der Waals surface area contributed by atoms with E-state index in [0.29, 0.717) is 16.9 Å². The van der Waals surface area contributed by atoms with E-state index in [1.165, 1.54) is 11.8 Å². The monoisotopic (exact) mass is 305 g/mol. The molecule has 112 valence electrons. The molecule has 1 aromatic carbocycles. The number of nitrogens with zero attached hydrogens (tertiary/aromatic N) is 2. The first-order valence-electron chi connectivity index (χ1n) is 6.73. The van der Waals surface area contributed by atoms with E-state index in [0.717, 1.165) is 17.1 Å². The van der Waals surface area contributed by atoms with Crippen molar-refractivity contribution >= 4 is 17.6 Å². The normalized spacial score (nSPS) is 12.0. The van der Waals surface area contributed by atoms with Crippen molar-refractivity contribution in [1.29, 1.82) is 0 Å². The maximum Gasteiger partial charge on any atom is 0.219 e. The molecule has 1 heterocycles. The van der Waals surface area contributed by atoms with Crippen LogP contribution in [0.25, 0.3) is 0 Å². The summed E-state index contributed by atoms with van der Waals surface area (Å²) in [5.74, 6) is 1.69. The highest BCUT2D eigenvalue weighted by Crippen LogP contribution is 2.29. The van der Waals surface area contributed by atoms with Gasteiger partial charge in [0.25, 0.3) is 0 Å². The Balaban J connectivity index is 2.19. The Bertz CT molecular complexity index is 607. The zero-order chi connectivity index (χ0) is 15.2. The second-order valence-corrected chi connectivity index (χ2v) is 5.57. The molecule has 0 spiro atoms. The van der Waals surface area contributed by atoms with E-state index >= 15 is 0 Å². The van der Waals surface area contributed by atoms with Crippen LogP contribution in [0.15, 0.2) is 40.4 Å². The summed E-state index contributed by atoms with van der Waals surface area (Å²) >= 11 is 1.42. The van der Waals surface area contributed by atoms with Gasteiger partial charge in [0.2, 0.25) is 5.88 Å². The number of hydrogen-bond acceptors (Lipinski definition) is 6. The topological polar surface area (TPSA) is 70.3 Å². The van der Waals surface area contributed by atoms with Gasteiger partial charge in [-0.05, 0) is 43.3 Å². The second-order valence-electron chi connectivity index (χ2n) is 4.53.